The first-order valence-electron chi connectivity index (χ1n) is 8.69. The van der Waals surface area contributed by atoms with Gasteiger partial charge in [0, 0.05) is 16.5 Å². The lowest BCUT2D eigenvalue weighted by Crippen LogP contribution is -2.24. The molecule has 26 heavy (non-hydrogen) atoms. The zero-order valence-electron chi connectivity index (χ0n) is 14.5. The molecule has 1 fully saturated rings. The summed E-state index contributed by atoms with van der Waals surface area (Å²) in [6.07, 6.45) is 2.63. The molecule has 1 aliphatic carbocycles. The second-order valence-electron chi connectivity index (χ2n) is 6.28. The lowest BCUT2D eigenvalue weighted by atomic mass is 10.2. The van der Waals surface area contributed by atoms with Crippen LogP contribution < -0.4 is 10.6 Å². The van der Waals surface area contributed by atoms with Crippen molar-refractivity contribution in [2.45, 2.75) is 36.3 Å². The van der Waals surface area contributed by atoms with Gasteiger partial charge in [0.1, 0.15) is 0 Å². The second-order valence-corrected chi connectivity index (χ2v) is 7.96. The third-order valence-corrected chi connectivity index (χ3v) is 5.81. The predicted octanol–water partition coefficient (Wildman–Crippen LogP) is 5.20. The fourth-order valence-electron chi connectivity index (χ4n) is 2.50. The third kappa shape index (κ3) is 5.02. The molecule has 0 spiro atoms. The van der Waals surface area contributed by atoms with Gasteiger partial charge in [-0.15, -0.1) is 11.8 Å². The number of hydrogen-bond acceptors (Lipinski definition) is 3. The minimum atomic E-state index is -0.249. The van der Waals surface area contributed by atoms with E-state index < -0.39 is 0 Å². The molecule has 1 atom stereocenters. The molecule has 136 valence electrons. The Morgan fingerprint density at radius 3 is 2.62 bits per heavy atom. The van der Waals surface area contributed by atoms with Crippen molar-refractivity contribution in [3.8, 4) is 0 Å². The molecule has 0 aromatic heterocycles. The quantitative estimate of drug-likeness (QED) is 0.641. The predicted molar refractivity (Wildman–Crippen MR) is 108 cm³/mol. The Kier molecular flexibility index (Phi) is 6.22. The fraction of sp³-hybridized carbons (Fsp3) is 0.300. The van der Waals surface area contributed by atoms with Gasteiger partial charge in [0.05, 0.1) is 16.0 Å². The van der Waals surface area contributed by atoms with Gasteiger partial charge in [-0.05, 0) is 49.6 Å². The van der Waals surface area contributed by atoms with Crippen LogP contribution in [0.4, 0.5) is 11.4 Å². The second kappa shape index (κ2) is 8.60. The number of hydrogen-bond donors (Lipinski definition) is 2. The van der Waals surface area contributed by atoms with E-state index in [9.17, 15) is 9.59 Å². The van der Waals surface area contributed by atoms with Crippen LogP contribution in [0, 0.1) is 5.92 Å². The molecule has 2 aromatic rings. The average Bonchev–Trinajstić information content (AvgIpc) is 3.47. The molecular formula is C20H21ClN2O2S. The highest BCUT2D eigenvalue weighted by atomic mass is 35.5. The van der Waals surface area contributed by atoms with E-state index >= 15 is 0 Å². The molecule has 2 amide bonds. The van der Waals surface area contributed by atoms with Crippen molar-refractivity contribution in [2.24, 2.45) is 5.92 Å². The fourth-order valence-corrected chi connectivity index (χ4v) is 3.70. The summed E-state index contributed by atoms with van der Waals surface area (Å²) in [5, 5.41) is 6.10. The number of anilines is 2. The van der Waals surface area contributed by atoms with E-state index in [0.717, 1.165) is 23.4 Å². The number of rotatable bonds is 7. The Hall–Kier alpha value is -1.98. The first kappa shape index (κ1) is 18.8. The van der Waals surface area contributed by atoms with Crippen molar-refractivity contribution < 1.29 is 9.59 Å². The van der Waals surface area contributed by atoms with Crippen LogP contribution in [0.25, 0.3) is 0 Å². The van der Waals surface area contributed by atoms with Crippen molar-refractivity contribution in [3.05, 3.63) is 53.6 Å². The number of carbonyl (C=O) groups is 2. The first-order chi connectivity index (χ1) is 12.6. The molecule has 4 nitrogen and oxygen atoms in total. The van der Waals surface area contributed by atoms with Crippen molar-refractivity contribution >= 4 is 46.6 Å². The first-order valence-corrected chi connectivity index (χ1v) is 9.95. The van der Waals surface area contributed by atoms with E-state index in [1.54, 1.807) is 12.1 Å². The lowest BCUT2D eigenvalue weighted by Gasteiger charge is -2.16. The summed E-state index contributed by atoms with van der Waals surface area (Å²) in [5.41, 5.74) is 1.39. The number of nitrogens with one attached hydrogen (secondary N) is 2. The molecule has 0 radical (unpaired) electrons. The minimum absolute atomic E-state index is 0.0793. The maximum Gasteiger partial charge on any atom is 0.237 e. The summed E-state index contributed by atoms with van der Waals surface area (Å²) in [7, 11) is 0. The summed E-state index contributed by atoms with van der Waals surface area (Å²) in [6, 6.07) is 14.8. The van der Waals surface area contributed by atoms with E-state index in [1.807, 2.05) is 43.3 Å². The van der Waals surface area contributed by atoms with Crippen molar-refractivity contribution in [3.63, 3.8) is 0 Å². The summed E-state index contributed by atoms with van der Waals surface area (Å²) < 4.78 is 0. The molecule has 1 aliphatic rings. The number of benzene rings is 2. The van der Waals surface area contributed by atoms with Crippen LogP contribution in [0.1, 0.15) is 26.2 Å². The topological polar surface area (TPSA) is 58.2 Å². The lowest BCUT2D eigenvalue weighted by molar-refractivity contribution is -0.117. The standard InChI is InChI=1S/C20H21ClN2O2S/c1-2-18(20(25)23-17-9-4-3-8-16(17)21)26-15-7-5-6-14(12-15)22-19(24)13-10-11-13/h3-9,12-13,18H,2,10-11H2,1H3,(H,22,24)(H,23,25). The number of amides is 2. The molecule has 0 saturated heterocycles. The third-order valence-electron chi connectivity index (χ3n) is 4.12. The van der Waals surface area contributed by atoms with Gasteiger partial charge in [-0.3, -0.25) is 9.59 Å². The normalized spacial score (nSPS) is 14.5. The van der Waals surface area contributed by atoms with Crippen LogP contribution in [0.15, 0.2) is 53.4 Å². The molecule has 1 unspecified atom stereocenters. The molecule has 3 rings (SSSR count). The van der Waals surface area contributed by atoms with Crippen molar-refractivity contribution in [1.82, 2.24) is 0 Å². The molecule has 0 bridgehead atoms. The molecule has 2 N–H and O–H groups in total. The van der Waals surface area contributed by atoms with Gasteiger partial charge in [0.25, 0.3) is 0 Å². The highest BCUT2D eigenvalue weighted by Gasteiger charge is 2.29. The molecule has 0 aliphatic heterocycles. The summed E-state index contributed by atoms with van der Waals surface area (Å²) in [6.45, 7) is 1.97. The monoisotopic (exact) mass is 388 g/mol. The molecule has 0 heterocycles. The Balaban J connectivity index is 1.64. The highest BCUT2D eigenvalue weighted by molar-refractivity contribution is 8.00. The molecular weight excluding hydrogens is 368 g/mol. The van der Waals surface area contributed by atoms with Gasteiger partial charge in [0.15, 0.2) is 0 Å². The van der Waals surface area contributed by atoms with Gasteiger partial charge < -0.3 is 10.6 Å². The van der Waals surface area contributed by atoms with Crippen molar-refractivity contribution in [1.29, 1.82) is 0 Å². The van der Waals surface area contributed by atoms with Crippen LogP contribution >= 0.6 is 23.4 Å². The zero-order chi connectivity index (χ0) is 18.5. The van der Waals surface area contributed by atoms with Crippen molar-refractivity contribution in [2.75, 3.05) is 10.6 Å². The maximum absolute atomic E-state index is 12.6. The van der Waals surface area contributed by atoms with Crippen LogP contribution in [0.2, 0.25) is 5.02 Å². The number of halogens is 1. The van der Waals surface area contributed by atoms with E-state index in [-0.39, 0.29) is 23.0 Å². The van der Waals surface area contributed by atoms with E-state index in [4.69, 9.17) is 11.6 Å². The minimum Gasteiger partial charge on any atom is -0.326 e. The largest absolute Gasteiger partial charge is 0.326 e. The van der Waals surface area contributed by atoms with Gasteiger partial charge in [-0.25, -0.2) is 0 Å². The van der Waals surface area contributed by atoms with Gasteiger partial charge in [-0.2, -0.15) is 0 Å². The average molecular weight is 389 g/mol. The SMILES string of the molecule is CCC(Sc1cccc(NC(=O)C2CC2)c1)C(=O)Nc1ccccc1Cl. The van der Waals surface area contributed by atoms with Gasteiger partial charge >= 0.3 is 0 Å². The Labute approximate surface area is 162 Å². The summed E-state index contributed by atoms with van der Waals surface area (Å²) in [5.74, 6) is 0.157. The Morgan fingerprint density at radius 2 is 1.92 bits per heavy atom. The summed E-state index contributed by atoms with van der Waals surface area (Å²) in [4.78, 5) is 25.5. The van der Waals surface area contributed by atoms with Gasteiger partial charge in [-0.1, -0.05) is 36.7 Å². The van der Waals surface area contributed by atoms with Crippen LogP contribution in [0.5, 0.6) is 0 Å². The van der Waals surface area contributed by atoms with Crippen LogP contribution in [-0.4, -0.2) is 17.1 Å². The number of thioether (sulfide) groups is 1. The van der Waals surface area contributed by atoms with E-state index in [0.29, 0.717) is 17.1 Å². The summed E-state index contributed by atoms with van der Waals surface area (Å²) >= 11 is 7.60. The number of para-hydroxylation sites is 1. The van der Waals surface area contributed by atoms with Crippen LogP contribution in [-0.2, 0) is 9.59 Å². The Morgan fingerprint density at radius 1 is 1.15 bits per heavy atom. The van der Waals surface area contributed by atoms with E-state index in [1.165, 1.54) is 11.8 Å². The van der Waals surface area contributed by atoms with Crippen LogP contribution in [0.3, 0.4) is 0 Å². The zero-order valence-corrected chi connectivity index (χ0v) is 16.1. The maximum atomic E-state index is 12.6. The Bertz CT molecular complexity index is 808. The van der Waals surface area contributed by atoms with Gasteiger partial charge in [0.2, 0.25) is 11.8 Å². The number of carbonyl (C=O) groups excluding carboxylic acids is 2. The van der Waals surface area contributed by atoms with E-state index in [2.05, 4.69) is 10.6 Å². The smallest absolute Gasteiger partial charge is 0.237 e. The molecule has 2 aromatic carbocycles. The molecule has 1 saturated carbocycles. The highest BCUT2D eigenvalue weighted by Crippen LogP contribution is 2.32. The molecule has 6 heteroatoms.